The molecule has 2 aliphatic heterocycles. The fraction of sp³-hybridized carbons (Fsp3) is 0.692. The predicted molar refractivity (Wildman–Crippen MR) is 73.1 cm³/mol. The normalized spacial score (nSPS) is 23.7. The number of hydrogen-bond donors (Lipinski definition) is 0. The molecule has 0 spiro atoms. The lowest BCUT2D eigenvalue weighted by molar-refractivity contribution is -0.221. The van der Waals surface area contributed by atoms with Gasteiger partial charge < -0.3 is 19.3 Å². The van der Waals surface area contributed by atoms with Crippen molar-refractivity contribution in [3.8, 4) is 0 Å². The van der Waals surface area contributed by atoms with Crippen molar-refractivity contribution in [2.45, 2.75) is 12.3 Å². The van der Waals surface area contributed by atoms with E-state index in [2.05, 4.69) is 9.97 Å². The van der Waals surface area contributed by atoms with Crippen LogP contribution in [-0.4, -0.2) is 68.2 Å². The molecule has 0 aliphatic carbocycles. The molecule has 1 aromatic heterocycles. The minimum atomic E-state index is -4.36. The summed E-state index contributed by atoms with van der Waals surface area (Å²) in [5.74, 6) is 1.21. The molecular formula is C13H17F3N4O2. The van der Waals surface area contributed by atoms with Crippen molar-refractivity contribution in [1.82, 2.24) is 9.97 Å². The van der Waals surface area contributed by atoms with Gasteiger partial charge in [0.25, 0.3) is 0 Å². The van der Waals surface area contributed by atoms with E-state index in [9.17, 15) is 13.2 Å². The zero-order valence-electron chi connectivity index (χ0n) is 11.9. The quantitative estimate of drug-likeness (QED) is 0.813. The van der Waals surface area contributed by atoms with Crippen LogP contribution in [0.4, 0.5) is 24.8 Å². The molecule has 6 nitrogen and oxygen atoms in total. The second-order valence-corrected chi connectivity index (χ2v) is 5.18. The lowest BCUT2D eigenvalue weighted by atomic mass is 10.2. The van der Waals surface area contributed by atoms with Gasteiger partial charge in [-0.1, -0.05) is 0 Å². The second-order valence-electron chi connectivity index (χ2n) is 5.18. The molecule has 1 aromatic rings. The molecule has 2 aliphatic rings. The van der Waals surface area contributed by atoms with Crippen molar-refractivity contribution in [1.29, 1.82) is 0 Å². The highest BCUT2D eigenvalue weighted by atomic mass is 19.4. The SMILES string of the molecule is FC(F)(F)[C@@H]1CN(c2cc(N3CCOCC3)ncn2)CCO1. The summed E-state index contributed by atoms with van der Waals surface area (Å²) in [5.41, 5.74) is 0. The van der Waals surface area contributed by atoms with Crippen LogP contribution >= 0.6 is 0 Å². The van der Waals surface area contributed by atoms with Crippen molar-refractivity contribution >= 4 is 11.6 Å². The molecule has 22 heavy (non-hydrogen) atoms. The van der Waals surface area contributed by atoms with Crippen molar-refractivity contribution in [2.75, 3.05) is 55.8 Å². The second kappa shape index (κ2) is 6.25. The molecule has 1 atom stereocenters. The molecule has 0 radical (unpaired) electrons. The summed E-state index contributed by atoms with van der Waals surface area (Å²) in [6.45, 7) is 2.83. The Balaban J connectivity index is 1.74. The van der Waals surface area contributed by atoms with E-state index in [1.165, 1.54) is 6.33 Å². The largest absolute Gasteiger partial charge is 0.416 e. The number of morpholine rings is 2. The van der Waals surface area contributed by atoms with Crippen molar-refractivity contribution in [3.63, 3.8) is 0 Å². The summed E-state index contributed by atoms with van der Waals surface area (Å²) >= 11 is 0. The number of anilines is 2. The number of rotatable bonds is 2. The molecule has 9 heteroatoms. The van der Waals surface area contributed by atoms with Crippen molar-refractivity contribution in [3.05, 3.63) is 12.4 Å². The minimum absolute atomic E-state index is 0.0288. The first-order chi connectivity index (χ1) is 10.5. The Labute approximate surface area is 125 Å². The minimum Gasteiger partial charge on any atom is -0.378 e. The van der Waals surface area contributed by atoms with Crippen LogP contribution in [0.1, 0.15) is 0 Å². The summed E-state index contributed by atoms with van der Waals surface area (Å²) in [6.07, 6.45) is -4.75. The Bertz CT molecular complexity index is 508. The lowest BCUT2D eigenvalue weighted by Gasteiger charge is -2.35. The lowest BCUT2D eigenvalue weighted by Crippen LogP contribution is -2.49. The van der Waals surface area contributed by atoms with Gasteiger partial charge in [0, 0.05) is 25.7 Å². The van der Waals surface area contributed by atoms with Crippen LogP contribution in [0.15, 0.2) is 12.4 Å². The van der Waals surface area contributed by atoms with E-state index < -0.39 is 12.3 Å². The maximum Gasteiger partial charge on any atom is 0.416 e. The molecular weight excluding hydrogens is 301 g/mol. The molecule has 2 saturated heterocycles. The average Bonchev–Trinajstić information content (AvgIpc) is 2.55. The molecule has 0 saturated carbocycles. The highest BCUT2D eigenvalue weighted by Crippen LogP contribution is 2.28. The smallest absolute Gasteiger partial charge is 0.378 e. The third kappa shape index (κ3) is 3.41. The maximum atomic E-state index is 12.8. The van der Waals surface area contributed by atoms with E-state index in [4.69, 9.17) is 9.47 Å². The molecule has 0 aromatic carbocycles. The van der Waals surface area contributed by atoms with Gasteiger partial charge in [0.15, 0.2) is 6.10 Å². The standard InChI is InChI=1S/C13H17F3N4O2/c14-13(15,16)10-8-20(3-6-22-10)12-7-11(17-9-18-12)19-1-4-21-5-2-19/h7,9-10H,1-6,8H2/t10-/m0/s1. The Hall–Kier alpha value is -1.61. The highest BCUT2D eigenvalue weighted by Gasteiger charge is 2.43. The maximum absolute atomic E-state index is 12.8. The van der Waals surface area contributed by atoms with Gasteiger partial charge in [0.1, 0.15) is 18.0 Å². The summed E-state index contributed by atoms with van der Waals surface area (Å²) < 4.78 is 48.5. The number of aromatic nitrogens is 2. The van der Waals surface area contributed by atoms with E-state index >= 15 is 0 Å². The average molecular weight is 318 g/mol. The number of hydrogen-bond acceptors (Lipinski definition) is 6. The first-order valence-electron chi connectivity index (χ1n) is 7.12. The van der Waals surface area contributed by atoms with Crippen LogP contribution in [0.5, 0.6) is 0 Å². The summed E-state index contributed by atoms with van der Waals surface area (Å²) in [4.78, 5) is 11.9. The van der Waals surface area contributed by atoms with Crippen LogP contribution in [-0.2, 0) is 9.47 Å². The van der Waals surface area contributed by atoms with Gasteiger partial charge in [-0.3, -0.25) is 0 Å². The monoisotopic (exact) mass is 318 g/mol. The molecule has 0 unspecified atom stereocenters. The summed E-state index contributed by atoms with van der Waals surface area (Å²) in [6, 6.07) is 1.73. The molecule has 3 rings (SSSR count). The Morgan fingerprint density at radius 1 is 1.00 bits per heavy atom. The molecule has 122 valence electrons. The summed E-state index contributed by atoms with van der Waals surface area (Å²) in [7, 11) is 0. The van der Waals surface area contributed by atoms with Crippen molar-refractivity contribution in [2.24, 2.45) is 0 Å². The highest BCUT2D eigenvalue weighted by molar-refractivity contribution is 5.50. The topological polar surface area (TPSA) is 50.7 Å². The molecule has 0 amide bonds. The zero-order valence-corrected chi connectivity index (χ0v) is 11.9. The van der Waals surface area contributed by atoms with Gasteiger partial charge in [0.2, 0.25) is 0 Å². The van der Waals surface area contributed by atoms with Crippen molar-refractivity contribution < 1.29 is 22.6 Å². The molecule has 0 bridgehead atoms. The Kier molecular flexibility index (Phi) is 4.34. The third-order valence-electron chi connectivity index (χ3n) is 3.73. The summed E-state index contributed by atoms with van der Waals surface area (Å²) in [5, 5.41) is 0. The van der Waals surface area contributed by atoms with Gasteiger partial charge in [-0.05, 0) is 0 Å². The molecule has 2 fully saturated rings. The van der Waals surface area contributed by atoms with Crippen LogP contribution < -0.4 is 9.80 Å². The fourth-order valence-corrected chi connectivity index (χ4v) is 2.53. The first-order valence-corrected chi connectivity index (χ1v) is 7.12. The van der Waals surface area contributed by atoms with E-state index in [0.717, 1.165) is 0 Å². The van der Waals surface area contributed by atoms with E-state index in [1.807, 2.05) is 4.90 Å². The first kappa shape index (κ1) is 15.3. The van der Waals surface area contributed by atoms with E-state index in [0.29, 0.717) is 44.5 Å². The van der Waals surface area contributed by atoms with Gasteiger partial charge in [-0.25, -0.2) is 9.97 Å². The van der Waals surface area contributed by atoms with Gasteiger partial charge in [-0.15, -0.1) is 0 Å². The zero-order chi connectivity index (χ0) is 15.6. The van der Waals surface area contributed by atoms with E-state index in [-0.39, 0.29) is 13.2 Å². The van der Waals surface area contributed by atoms with Gasteiger partial charge >= 0.3 is 6.18 Å². The van der Waals surface area contributed by atoms with Gasteiger partial charge in [-0.2, -0.15) is 13.2 Å². The molecule has 0 N–H and O–H groups in total. The Morgan fingerprint density at radius 3 is 2.32 bits per heavy atom. The van der Waals surface area contributed by atoms with Crippen LogP contribution in [0, 0.1) is 0 Å². The third-order valence-corrected chi connectivity index (χ3v) is 3.73. The number of ether oxygens (including phenoxy) is 2. The van der Waals surface area contributed by atoms with Crippen LogP contribution in [0.3, 0.4) is 0 Å². The number of nitrogens with zero attached hydrogens (tertiary/aromatic N) is 4. The van der Waals surface area contributed by atoms with Crippen LogP contribution in [0.25, 0.3) is 0 Å². The molecule has 3 heterocycles. The number of alkyl halides is 3. The van der Waals surface area contributed by atoms with Gasteiger partial charge in [0.05, 0.1) is 26.4 Å². The van der Waals surface area contributed by atoms with Crippen LogP contribution in [0.2, 0.25) is 0 Å². The fourth-order valence-electron chi connectivity index (χ4n) is 2.53. The Morgan fingerprint density at radius 2 is 1.64 bits per heavy atom. The predicted octanol–water partition coefficient (Wildman–Crippen LogP) is 1.08. The number of halogens is 3. The van der Waals surface area contributed by atoms with E-state index in [1.54, 1.807) is 11.0 Å².